The molecular formula is C19H19FN4O. The lowest BCUT2D eigenvalue weighted by atomic mass is 10.0. The van der Waals surface area contributed by atoms with Crippen molar-refractivity contribution in [1.82, 2.24) is 15.2 Å². The number of pyridine rings is 1. The van der Waals surface area contributed by atoms with Crippen molar-refractivity contribution in [2.75, 3.05) is 0 Å². The average Bonchev–Trinajstić information content (AvgIpc) is 2.99. The van der Waals surface area contributed by atoms with Crippen LogP contribution in [0.2, 0.25) is 0 Å². The van der Waals surface area contributed by atoms with Crippen molar-refractivity contribution in [1.29, 1.82) is 0 Å². The van der Waals surface area contributed by atoms with Crippen LogP contribution >= 0.6 is 0 Å². The summed E-state index contributed by atoms with van der Waals surface area (Å²) in [5, 5.41) is 7.19. The lowest BCUT2D eigenvalue weighted by Gasteiger charge is -2.05. The standard InChI is InChI=1S/C19H19FN4O/c1-12-9-13(4-6-15(12)20)5-7-16-18(19(21)25)17(24-23-16)10-14-3-2-8-22-11-14/h2-4,6,8-9,11H,5,7,10H2,1H3,(H2,21,25)(H,23,24). The van der Waals surface area contributed by atoms with E-state index < -0.39 is 5.91 Å². The Morgan fingerprint density at radius 3 is 2.76 bits per heavy atom. The van der Waals surface area contributed by atoms with Crippen molar-refractivity contribution in [2.45, 2.75) is 26.2 Å². The van der Waals surface area contributed by atoms with E-state index in [4.69, 9.17) is 5.73 Å². The van der Waals surface area contributed by atoms with E-state index in [1.54, 1.807) is 25.4 Å². The monoisotopic (exact) mass is 338 g/mol. The number of amides is 1. The maximum absolute atomic E-state index is 13.4. The normalized spacial score (nSPS) is 10.8. The molecule has 128 valence electrons. The fraction of sp³-hybridized carbons (Fsp3) is 0.211. The lowest BCUT2D eigenvalue weighted by molar-refractivity contribution is 0.0998. The van der Waals surface area contributed by atoms with E-state index in [0.29, 0.717) is 41.8 Å². The van der Waals surface area contributed by atoms with Crippen LogP contribution in [0.25, 0.3) is 0 Å². The van der Waals surface area contributed by atoms with E-state index in [-0.39, 0.29) is 5.82 Å². The molecule has 0 aliphatic rings. The molecule has 0 fully saturated rings. The van der Waals surface area contributed by atoms with Gasteiger partial charge in [-0.3, -0.25) is 14.9 Å². The van der Waals surface area contributed by atoms with E-state index in [1.165, 1.54) is 6.07 Å². The second-order valence-electron chi connectivity index (χ2n) is 6.01. The van der Waals surface area contributed by atoms with Gasteiger partial charge in [-0.15, -0.1) is 0 Å². The minimum atomic E-state index is -0.502. The van der Waals surface area contributed by atoms with Gasteiger partial charge in [0.1, 0.15) is 5.82 Å². The van der Waals surface area contributed by atoms with Gasteiger partial charge < -0.3 is 5.73 Å². The molecule has 0 bridgehead atoms. The van der Waals surface area contributed by atoms with Gasteiger partial charge in [0.25, 0.3) is 5.91 Å². The number of hydrogen-bond donors (Lipinski definition) is 2. The first kappa shape index (κ1) is 16.8. The van der Waals surface area contributed by atoms with Gasteiger partial charge in [-0.1, -0.05) is 18.2 Å². The number of carbonyl (C=O) groups excluding carboxylic acids is 1. The molecule has 0 saturated carbocycles. The molecule has 6 heteroatoms. The van der Waals surface area contributed by atoms with Gasteiger partial charge in [0.2, 0.25) is 0 Å². The van der Waals surface area contributed by atoms with Crippen LogP contribution in [0.1, 0.15) is 38.4 Å². The highest BCUT2D eigenvalue weighted by Gasteiger charge is 2.18. The van der Waals surface area contributed by atoms with Crippen LogP contribution in [0.3, 0.4) is 0 Å². The quantitative estimate of drug-likeness (QED) is 0.725. The fourth-order valence-electron chi connectivity index (χ4n) is 2.85. The number of halogens is 1. The molecule has 0 unspecified atom stereocenters. The Morgan fingerprint density at radius 1 is 1.24 bits per heavy atom. The topological polar surface area (TPSA) is 84.7 Å². The predicted octanol–water partition coefficient (Wildman–Crippen LogP) is 2.73. The third-order valence-corrected chi connectivity index (χ3v) is 4.14. The number of primary amides is 1. The first-order valence-electron chi connectivity index (χ1n) is 8.04. The molecule has 0 atom stereocenters. The minimum absolute atomic E-state index is 0.222. The fourth-order valence-corrected chi connectivity index (χ4v) is 2.85. The molecule has 2 aromatic heterocycles. The van der Waals surface area contributed by atoms with Crippen molar-refractivity contribution >= 4 is 5.91 Å². The number of nitrogens with zero attached hydrogens (tertiary/aromatic N) is 2. The summed E-state index contributed by atoms with van der Waals surface area (Å²) < 4.78 is 13.4. The third kappa shape index (κ3) is 3.91. The number of benzene rings is 1. The molecule has 0 radical (unpaired) electrons. The summed E-state index contributed by atoms with van der Waals surface area (Å²) in [6.45, 7) is 1.73. The molecule has 0 spiro atoms. The number of aromatic amines is 1. The van der Waals surface area contributed by atoms with Gasteiger partial charge in [-0.2, -0.15) is 5.10 Å². The van der Waals surface area contributed by atoms with Gasteiger partial charge in [0.05, 0.1) is 17.0 Å². The first-order chi connectivity index (χ1) is 12.0. The van der Waals surface area contributed by atoms with Crippen molar-refractivity contribution < 1.29 is 9.18 Å². The second-order valence-corrected chi connectivity index (χ2v) is 6.01. The molecule has 1 amide bonds. The zero-order valence-electron chi connectivity index (χ0n) is 13.9. The summed E-state index contributed by atoms with van der Waals surface area (Å²) in [5.74, 6) is -0.724. The van der Waals surface area contributed by atoms with Crippen LogP contribution in [0.5, 0.6) is 0 Å². The number of aryl methyl sites for hydroxylation is 3. The Bertz CT molecular complexity index is 890. The third-order valence-electron chi connectivity index (χ3n) is 4.14. The highest BCUT2D eigenvalue weighted by molar-refractivity contribution is 5.95. The average molecular weight is 338 g/mol. The highest BCUT2D eigenvalue weighted by Crippen LogP contribution is 2.18. The van der Waals surface area contributed by atoms with E-state index in [0.717, 1.165) is 11.1 Å². The number of rotatable bonds is 6. The Morgan fingerprint density at radius 2 is 2.08 bits per heavy atom. The molecule has 3 rings (SSSR count). The van der Waals surface area contributed by atoms with Crippen LogP contribution in [-0.2, 0) is 19.3 Å². The van der Waals surface area contributed by atoms with Crippen molar-refractivity contribution in [3.8, 4) is 0 Å². The molecule has 1 aromatic carbocycles. The van der Waals surface area contributed by atoms with E-state index >= 15 is 0 Å². The summed E-state index contributed by atoms with van der Waals surface area (Å²) >= 11 is 0. The molecule has 0 saturated heterocycles. The van der Waals surface area contributed by atoms with Crippen LogP contribution < -0.4 is 5.73 Å². The number of H-pyrrole nitrogens is 1. The molecule has 0 aliphatic heterocycles. The van der Waals surface area contributed by atoms with Crippen LogP contribution in [0.4, 0.5) is 4.39 Å². The van der Waals surface area contributed by atoms with Gasteiger partial charge in [-0.05, 0) is 48.6 Å². The van der Waals surface area contributed by atoms with Crippen molar-refractivity contribution in [2.24, 2.45) is 5.73 Å². The van der Waals surface area contributed by atoms with Crippen molar-refractivity contribution in [3.05, 3.63) is 82.2 Å². The summed E-state index contributed by atoms with van der Waals surface area (Å²) in [7, 11) is 0. The van der Waals surface area contributed by atoms with Gasteiger partial charge in [0.15, 0.2) is 0 Å². The van der Waals surface area contributed by atoms with Crippen LogP contribution in [0, 0.1) is 12.7 Å². The summed E-state index contributed by atoms with van der Waals surface area (Å²) in [4.78, 5) is 16.0. The Labute approximate surface area is 145 Å². The van der Waals surface area contributed by atoms with E-state index in [1.807, 2.05) is 18.2 Å². The first-order valence-corrected chi connectivity index (χ1v) is 8.04. The minimum Gasteiger partial charge on any atom is -0.365 e. The molecule has 0 aliphatic carbocycles. The molecule has 5 nitrogen and oxygen atoms in total. The smallest absolute Gasteiger partial charge is 0.252 e. The zero-order valence-corrected chi connectivity index (χ0v) is 13.9. The van der Waals surface area contributed by atoms with Crippen LogP contribution in [0.15, 0.2) is 42.7 Å². The van der Waals surface area contributed by atoms with Crippen LogP contribution in [-0.4, -0.2) is 21.1 Å². The number of hydrogen-bond acceptors (Lipinski definition) is 3. The second kappa shape index (κ2) is 7.25. The number of nitrogens with one attached hydrogen (secondary N) is 1. The SMILES string of the molecule is Cc1cc(CCc2n[nH]c(Cc3cccnc3)c2C(N)=O)ccc1F. The molecular weight excluding hydrogens is 319 g/mol. The summed E-state index contributed by atoms with van der Waals surface area (Å²) in [6, 6.07) is 8.78. The number of aromatic nitrogens is 3. The van der Waals surface area contributed by atoms with E-state index in [9.17, 15) is 9.18 Å². The zero-order chi connectivity index (χ0) is 17.8. The summed E-state index contributed by atoms with van der Waals surface area (Å²) in [6.07, 6.45) is 5.15. The Kier molecular flexibility index (Phi) is 4.88. The molecule has 3 N–H and O–H groups in total. The number of carbonyl (C=O) groups is 1. The maximum Gasteiger partial charge on any atom is 0.252 e. The molecule has 25 heavy (non-hydrogen) atoms. The van der Waals surface area contributed by atoms with E-state index in [2.05, 4.69) is 15.2 Å². The largest absolute Gasteiger partial charge is 0.365 e. The highest BCUT2D eigenvalue weighted by atomic mass is 19.1. The van der Waals surface area contributed by atoms with Gasteiger partial charge in [-0.25, -0.2) is 4.39 Å². The Balaban J connectivity index is 1.79. The lowest BCUT2D eigenvalue weighted by Crippen LogP contribution is -2.15. The molecule has 3 aromatic rings. The molecule has 2 heterocycles. The van der Waals surface area contributed by atoms with Gasteiger partial charge in [0, 0.05) is 18.8 Å². The number of nitrogens with two attached hydrogens (primary N) is 1. The summed E-state index contributed by atoms with van der Waals surface area (Å²) in [5.41, 5.74) is 9.88. The maximum atomic E-state index is 13.4. The predicted molar refractivity (Wildman–Crippen MR) is 92.7 cm³/mol. The Hall–Kier alpha value is -3.02. The van der Waals surface area contributed by atoms with Gasteiger partial charge >= 0.3 is 0 Å². The van der Waals surface area contributed by atoms with Crippen molar-refractivity contribution in [3.63, 3.8) is 0 Å².